The summed E-state index contributed by atoms with van der Waals surface area (Å²) in [6.07, 6.45) is -0.571. The Morgan fingerprint density at radius 2 is 1.88 bits per heavy atom. The molecule has 0 atom stereocenters. The van der Waals surface area contributed by atoms with Gasteiger partial charge in [0.05, 0.1) is 12.8 Å². The van der Waals surface area contributed by atoms with Crippen LogP contribution in [0.15, 0.2) is 34.8 Å². The van der Waals surface area contributed by atoms with Crippen LogP contribution in [0.25, 0.3) is 0 Å². The molecular formula is C19H20BrN3O3. The van der Waals surface area contributed by atoms with Gasteiger partial charge in [-0.3, -0.25) is 0 Å². The second kappa shape index (κ2) is 7.75. The van der Waals surface area contributed by atoms with Crippen molar-refractivity contribution in [2.45, 2.75) is 33.3 Å². The molecule has 0 saturated heterocycles. The van der Waals surface area contributed by atoms with Crippen molar-refractivity contribution in [1.82, 2.24) is 4.98 Å². The smallest absolute Gasteiger partial charge is 0.420 e. The van der Waals surface area contributed by atoms with E-state index < -0.39 is 11.7 Å². The van der Waals surface area contributed by atoms with Crippen LogP contribution < -0.4 is 9.64 Å². The second-order valence-corrected chi connectivity index (χ2v) is 7.31. The minimum Gasteiger partial charge on any atom is -0.480 e. The molecule has 136 valence electrons. The molecule has 26 heavy (non-hydrogen) atoms. The van der Waals surface area contributed by atoms with Gasteiger partial charge < -0.3 is 9.47 Å². The van der Waals surface area contributed by atoms with Gasteiger partial charge in [0, 0.05) is 10.0 Å². The van der Waals surface area contributed by atoms with Crippen molar-refractivity contribution in [2.24, 2.45) is 0 Å². The van der Waals surface area contributed by atoms with Crippen LogP contribution in [0.2, 0.25) is 0 Å². The lowest BCUT2D eigenvalue weighted by Crippen LogP contribution is -2.34. The highest BCUT2D eigenvalue weighted by Crippen LogP contribution is 2.37. The van der Waals surface area contributed by atoms with E-state index in [-0.39, 0.29) is 11.4 Å². The average molecular weight is 418 g/mol. The molecule has 0 N–H and O–H groups in total. The van der Waals surface area contributed by atoms with E-state index in [1.54, 1.807) is 39.8 Å². The predicted octanol–water partition coefficient (Wildman–Crippen LogP) is 5.11. The SMILES string of the molecule is COc1nc(N(C(=O)OC(C)(C)C)c2ccccc2)c(C)c(Br)c1C#N. The number of nitrogens with zero attached hydrogens (tertiary/aromatic N) is 3. The minimum absolute atomic E-state index is 0.129. The van der Waals surface area contributed by atoms with Gasteiger partial charge in [0.2, 0.25) is 5.88 Å². The number of rotatable bonds is 3. The fraction of sp³-hybridized carbons (Fsp3) is 0.316. The van der Waals surface area contributed by atoms with Crippen LogP contribution >= 0.6 is 15.9 Å². The number of para-hydroxylation sites is 1. The number of hydrogen-bond acceptors (Lipinski definition) is 5. The standard InChI is InChI=1S/C19H20BrN3O3/c1-12-15(20)14(11-21)17(25-5)22-16(12)23(13-9-7-6-8-10-13)18(24)26-19(2,3)4/h6-10H,1-5H3. The summed E-state index contributed by atoms with van der Waals surface area (Å²) in [5.74, 6) is 0.456. The van der Waals surface area contributed by atoms with Crippen molar-refractivity contribution in [2.75, 3.05) is 12.0 Å². The summed E-state index contributed by atoms with van der Waals surface area (Å²) in [6.45, 7) is 7.16. The molecule has 1 aromatic carbocycles. The summed E-state index contributed by atoms with van der Waals surface area (Å²) in [4.78, 5) is 18.7. The Hall–Kier alpha value is -2.59. The highest BCUT2D eigenvalue weighted by molar-refractivity contribution is 9.10. The maximum atomic E-state index is 12.9. The number of hydrogen-bond donors (Lipinski definition) is 0. The maximum Gasteiger partial charge on any atom is 0.420 e. The second-order valence-electron chi connectivity index (χ2n) is 6.52. The van der Waals surface area contributed by atoms with E-state index in [2.05, 4.69) is 27.0 Å². The molecule has 0 radical (unpaired) electrons. The largest absolute Gasteiger partial charge is 0.480 e. The Bertz CT molecular complexity index is 855. The topological polar surface area (TPSA) is 75.4 Å². The molecule has 0 aliphatic carbocycles. The van der Waals surface area contributed by atoms with Crippen LogP contribution in [0.1, 0.15) is 31.9 Å². The fourth-order valence-electron chi connectivity index (χ4n) is 2.28. The molecule has 0 aliphatic rings. The third kappa shape index (κ3) is 4.14. The molecule has 1 amide bonds. The number of aromatic nitrogens is 1. The first kappa shape index (κ1) is 19.7. The van der Waals surface area contributed by atoms with Crippen molar-refractivity contribution in [3.8, 4) is 11.9 Å². The normalized spacial score (nSPS) is 10.8. The molecule has 6 nitrogen and oxygen atoms in total. The van der Waals surface area contributed by atoms with Gasteiger partial charge in [-0.05, 0) is 55.8 Å². The van der Waals surface area contributed by atoms with Gasteiger partial charge in [-0.25, -0.2) is 9.69 Å². The van der Waals surface area contributed by atoms with Crippen molar-refractivity contribution >= 4 is 33.5 Å². The van der Waals surface area contributed by atoms with Gasteiger partial charge in [-0.15, -0.1) is 0 Å². The zero-order chi connectivity index (χ0) is 19.5. The summed E-state index contributed by atoms with van der Waals surface area (Å²) < 4.78 is 11.3. The molecule has 0 spiro atoms. The van der Waals surface area contributed by atoms with Gasteiger partial charge in [-0.2, -0.15) is 10.2 Å². The van der Waals surface area contributed by atoms with Gasteiger partial charge >= 0.3 is 6.09 Å². The van der Waals surface area contributed by atoms with Crippen molar-refractivity contribution < 1.29 is 14.3 Å². The number of benzene rings is 1. The summed E-state index contributed by atoms with van der Waals surface area (Å²) in [5, 5.41) is 9.36. The number of carbonyl (C=O) groups is 1. The molecule has 0 fully saturated rings. The number of halogens is 1. The lowest BCUT2D eigenvalue weighted by atomic mass is 10.1. The molecule has 1 aromatic heterocycles. The van der Waals surface area contributed by atoms with Crippen LogP contribution in [-0.2, 0) is 4.74 Å². The summed E-state index contributed by atoms with van der Waals surface area (Å²) in [6, 6.07) is 11.1. The van der Waals surface area contributed by atoms with Crippen LogP contribution in [0.5, 0.6) is 5.88 Å². The zero-order valence-corrected chi connectivity index (χ0v) is 16.9. The summed E-state index contributed by atoms with van der Waals surface area (Å²) in [5.41, 5.74) is 0.811. The van der Waals surface area contributed by atoms with Crippen LogP contribution in [0, 0.1) is 18.3 Å². The number of anilines is 2. The summed E-state index contributed by atoms with van der Waals surface area (Å²) >= 11 is 3.41. The quantitative estimate of drug-likeness (QED) is 0.693. The Morgan fingerprint density at radius 1 is 1.27 bits per heavy atom. The molecule has 1 heterocycles. The Labute approximate surface area is 161 Å². The van der Waals surface area contributed by atoms with E-state index in [0.717, 1.165) is 0 Å². The van der Waals surface area contributed by atoms with E-state index in [0.29, 0.717) is 21.5 Å². The number of pyridine rings is 1. The number of carbonyl (C=O) groups excluding carboxylic acids is 1. The average Bonchev–Trinajstić information content (AvgIpc) is 2.58. The van der Waals surface area contributed by atoms with Crippen molar-refractivity contribution in [3.05, 3.63) is 45.9 Å². The van der Waals surface area contributed by atoms with Crippen LogP contribution in [0.3, 0.4) is 0 Å². The number of ether oxygens (including phenoxy) is 2. The Kier molecular flexibility index (Phi) is 5.88. The first-order chi connectivity index (χ1) is 12.2. The summed E-state index contributed by atoms with van der Waals surface area (Å²) in [7, 11) is 1.43. The van der Waals surface area contributed by atoms with Crippen molar-refractivity contribution in [1.29, 1.82) is 5.26 Å². The number of nitriles is 1. The molecule has 0 unspecified atom stereocenters. The molecule has 0 bridgehead atoms. The lowest BCUT2D eigenvalue weighted by molar-refractivity contribution is 0.0598. The van der Waals surface area contributed by atoms with E-state index in [1.807, 2.05) is 18.2 Å². The fourth-order valence-corrected chi connectivity index (χ4v) is 2.71. The van der Waals surface area contributed by atoms with E-state index >= 15 is 0 Å². The van der Waals surface area contributed by atoms with E-state index in [1.165, 1.54) is 12.0 Å². The number of methoxy groups -OCH3 is 1. The zero-order valence-electron chi connectivity index (χ0n) is 15.3. The first-order valence-corrected chi connectivity index (χ1v) is 8.71. The van der Waals surface area contributed by atoms with Gasteiger partial charge in [0.25, 0.3) is 0 Å². The lowest BCUT2D eigenvalue weighted by Gasteiger charge is -2.28. The van der Waals surface area contributed by atoms with E-state index in [4.69, 9.17) is 9.47 Å². The Morgan fingerprint density at radius 3 is 2.38 bits per heavy atom. The van der Waals surface area contributed by atoms with Crippen LogP contribution in [0.4, 0.5) is 16.3 Å². The molecule has 0 saturated carbocycles. The van der Waals surface area contributed by atoms with Gasteiger partial charge in [0.15, 0.2) is 5.82 Å². The third-order valence-electron chi connectivity index (χ3n) is 3.41. The molecule has 2 rings (SSSR count). The molecular weight excluding hydrogens is 398 g/mol. The van der Waals surface area contributed by atoms with Crippen LogP contribution in [-0.4, -0.2) is 23.8 Å². The van der Waals surface area contributed by atoms with Gasteiger partial charge in [-0.1, -0.05) is 18.2 Å². The molecule has 0 aliphatic heterocycles. The first-order valence-electron chi connectivity index (χ1n) is 7.92. The van der Waals surface area contributed by atoms with E-state index in [9.17, 15) is 10.1 Å². The Balaban J connectivity index is 2.69. The highest BCUT2D eigenvalue weighted by atomic mass is 79.9. The highest BCUT2D eigenvalue weighted by Gasteiger charge is 2.29. The molecule has 2 aromatic rings. The van der Waals surface area contributed by atoms with Gasteiger partial charge in [0.1, 0.15) is 17.2 Å². The number of amides is 1. The third-order valence-corrected chi connectivity index (χ3v) is 4.40. The monoisotopic (exact) mass is 417 g/mol. The maximum absolute atomic E-state index is 12.9. The van der Waals surface area contributed by atoms with Crippen molar-refractivity contribution in [3.63, 3.8) is 0 Å². The predicted molar refractivity (Wildman–Crippen MR) is 103 cm³/mol. The molecule has 7 heteroatoms. The minimum atomic E-state index is -0.675.